The zero-order chi connectivity index (χ0) is 16.0. The topological polar surface area (TPSA) is 0 Å². The Labute approximate surface area is 150 Å². The molecule has 1 unspecified atom stereocenters. The minimum atomic E-state index is -0.415. The second-order valence-electron chi connectivity index (χ2n) is 6.67. The molecule has 0 nitrogen and oxygen atoms in total. The van der Waals surface area contributed by atoms with E-state index in [0.717, 1.165) is 30.8 Å². The molecule has 0 fully saturated rings. The van der Waals surface area contributed by atoms with Gasteiger partial charge in [0.1, 0.15) is 0 Å². The van der Waals surface area contributed by atoms with Gasteiger partial charge in [0, 0.05) is 0 Å². The average Bonchev–Trinajstić information content (AvgIpc) is 2.91. The maximum atomic E-state index is 2.43. The summed E-state index contributed by atoms with van der Waals surface area (Å²) in [6.07, 6.45) is 12.8. The van der Waals surface area contributed by atoms with Crippen LogP contribution in [0.3, 0.4) is 0 Å². The number of hydrogen-bond donors (Lipinski definition) is 0. The predicted molar refractivity (Wildman–Crippen MR) is 95.1 cm³/mol. The summed E-state index contributed by atoms with van der Waals surface area (Å²) >= 11 is 1.13. The zero-order valence-corrected chi connectivity index (χ0v) is 18.8. The van der Waals surface area contributed by atoms with Crippen molar-refractivity contribution in [2.75, 3.05) is 0 Å². The minimum absolute atomic E-state index is 0.415. The van der Waals surface area contributed by atoms with Crippen LogP contribution in [0.4, 0.5) is 0 Å². The summed E-state index contributed by atoms with van der Waals surface area (Å²) in [4.78, 5) is 0. The Morgan fingerprint density at radius 1 is 1.18 bits per heavy atom. The van der Waals surface area contributed by atoms with Gasteiger partial charge < -0.3 is 0 Å². The summed E-state index contributed by atoms with van der Waals surface area (Å²) in [6.45, 7) is 11.9. The first-order chi connectivity index (χ1) is 10.4. The monoisotopic (exact) mass is 471 g/mol. The maximum absolute atomic E-state index is 2.43. The van der Waals surface area contributed by atoms with Crippen LogP contribution in [0.15, 0.2) is 67.1 Å². The molecule has 0 saturated carbocycles. The van der Waals surface area contributed by atoms with E-state index in [9.17, 15) is 0 Å². The molecule has 3 rings (SSSR count). The van der Waals surface area contributed by atoms with Crippen molar-refractivity contribution in [2.24, 2.45) is 5.92 Å². The van der Waals surface area contributed by atoms with E-state index in [1.807, 2.05) is 0 Å². The Morgan fingerprint density at radius 2 is 1.91 bits per heavy atom. The van der Waals surface area contributed by atoms with Gasteiger partial charge in [0.25, 0.3) is 0 Å². The van der Waals surface area contributed by atoms with Crippen molar-refractivity contribution in [3.05, 3.63) is 67.1 Å². The van der Waals surface area contributed by atoms with Crippen LogP contribution in [0.2, 0.25) is 13.1 Å². The fourth-order valence-electron chi connectivity index (χ4n) is 3.87. The number of rotatable bonds is 1. The summed E-state index contributed by atoms with van der Waals surface area (Å²) in [7, 11) is -0.415. The van der Waals surface area contributed by atoms with Crippen LogP contribution >= 0.6 is 0 Å². The fourth-order valence-corrected chi connectivity index (χ4v) is 6.54. The first-order valence-corrected chi connectivity index (χ1v) is 12.3. The van der Waals surface area contributed by atoms with E-state index in [-0.39, 0.29) is 0 Å². The number of allylic oxidation sites excluding steroid dienone is 12. The average molecular weight is 470 g/mol. The summed E-state index contributed by atoms with van der Waals surface area (Å²) in [5.74, 6) is 0.561. The summed E-state index contributed by atoms with van der Waals surface area (Å²) in [6, 6.07) is 0. The Bertz CT molecular complexity index is 760. The molecule has 1 atom stereocenters. The van der Waals surface area contributed by atoms with E-state index in [1.165, 1.54) is 11.1 Å². The van der Waals surface area contributed by atoms with Crippen LogP contribution < -0.4 is 0 Å². The molecular weight excluding hydrogens is 447 g/mol. The van der Waals surface area contributed by atoms with Crippen molar-refractivity contribution >= 4 is 13.6 Å². The van der Waals surface area contributed by atoms with Crippen LogP contribution in [0, 0.1) is 5.92 Å². The molecule has 0 aromatic heterocycles. The van der Waals surface area contributed by atoms with Gasteiger partial charge in [-0.25, -0.2) is 0 Å². The summed E-state index contributed by atoms with van der Waals surface area (Å²) in [5, 5.41) is 1.66. The van der Waals surface area contributed by atoms with Crippen LogP contribution in [0.25, 0.3) is 0 Å². The van der Waals surface area contributed by atoms with Crippen molar-refractivity contribution < 1.29 is 24.4 Å². The third-order valence-electron chi connectivity index (χ3n) is 5.06. The molecule has 2 heteroatoms. The molecule has 0 N–H and O–H groups in total. The van der Waals surface area contributed by atoms with Gasteiger partial charge in [-0.2, -0.15) is 0 Å². The third kappa shape index (κ3) is 2.49. The van der Waals surface area contributed by atoms with Gasteiger partial charge in [-0.05, 0) is 0 Å². The standard InChI is InChI=1S/C20H23Si.Hf/c1-13-8-6-10-17(13)19-14(2)12-16-9-7-11-18(21(4)5)15(3)20(16)19;/h6-9,11,15H,10H2,1-5H3;. The SMILES string of the molecule is CC1=C(C2=C3C(=CC=CC(=[Si](C)C)C3C)[C]([Hf])=C2C)CC=C1. The molecule has 0 heterocycles. The molecular formula is C20H23HfSi. The van der Waals surface area contributed by atoms with E-state index in [1.54, 1.807) is 30.8 Å². The van der Waals surface area contributed by atoms with Crippen molar-refractivity contribution in [1.82, 2.24) is 0 Å². The normalized spacial score (nSPS) is 24.3. The van der Waals surface area contributed by atoms with Gasteiger partial charge in [-0.15, -0.1) is 0 Å². The van der Waals surface area contributed by atoms with E-state index >= 15 is 0 Å². The number of fused-ring (bicyclic) bond motifs is 1. The van der Waals surface area contributed by atoms with Crippen molar-refractivity contribution in [1.29, 1.82) is 0 Å². The van der Waals surface area contributed by atoms with Crippen molar-refractivity contribution in [3.8, 4) is 0 Å². The van der Waals surface area contributed by atoms with E-state index in [2.05, 4.69) is 64.2 Å². The number of hydrogen-bond acceptors (Lipinski definition) is 0. The van der Waals surface area contributed by atoms with E-state index in [0.29, 0.717) is 5.92 Å². The predicted octanol–water partition coefficient (Wildman–Crippen LogP) is 5.03. The molecule has 0 spiro atoms. The first kappa shape index (κ1) is 16.3. The Hall–Kier alpha value is -0.603. The van der Waals surface area contributed by atoms with Gasteiger partial charge in [0.05, 0.1) is 0 Å². The molecule has 0 amide bonds. The quantitative estimate of drug-likeness (QED) is 0.472. The van der Waals surface area contributed by atoms with Crippen molar-refractivity contribution in [2.45, 2.75) is 40.3 Å². The van der Waals surface area contributed by atoms with Gasteiger partial charge in [0.15, 0.2) is 0 Å². The van der Waals surface area contributed by atoms with E-state index in [4.69, 9.17) is 0 Å². The molecule has 3 aliphatic carbocycles. The molecule has 0 radical (unpaired) electrons. The molecule has 111 valence electrons. The third-order valence-corrected chi connectivity index (χ3v) is 9.13. The van der Waals surface area contributed by atoms with Crippen LogP contribution in [0.1, 0.15) is 27.2 Å². The fraction of sp³-hybridized carbons (Fsp3) is 0.350. The summed E-state index contributed by atoms with van der Waals surface area (Å²) in [5.41, 5.74) is 9.31. The van der Waals surface area contributed by atoms with E-state index < -0.39 is 8.41 Å². The van der Waals surface area contributed by atoms with Crippen molar-refractivity contribution in [3.63, 3.8) is 0 Å². The first-order valence-electron chi connectivity index (χ1n) is 8.03. The van der Waals surface area contributed by atoms with Gasteiger partial charge in [-0.1, -0.05) is 0 Å². The van der Waals surface area contributed by atoms with Crippen LogP contribution in [-0.2, 0) is 24.4 Å². The van der Waals surface area contributed by atoms with Gasteiger partial charge in [-0.3, -0.25) is 0 Å². The zero-order valence-electron chi connectivity index (χ0n) is 14.2. The van der Waals surface area contributed by atoms with Crippen LogP contribution in [-0.4, -0.2) is 13.6 Å². The molecule has 3 aliphatic rings. The molecule has 0 aromatic rings. The van der Waals surface area contributed by atoms with Crippen LogP contribution in [0.5, 0.6) is 0 Å². The Balaban J connectivity index is 2.27. The van der Waals surface area contributed by atoms with Gasteiger partial charge >= 0.3 is 151 Å². The second-order valence-corrected chi connectivity index (χ2v) is 11.0. The Morgan fingerprint density at radius 3 is 2.50 bits per heavy atom. The summed E-state index contributed by atoms with van der Waals surface area (Å²) < 4.78 is 1.61. The molecule has 0 saturated heterocycles. The molecule has 0 aliphatic heterocycles. The Kier molecular flexibility index (Phi) is 4.53. The second kappa shape index (κ2) is 6.12. The molecule has 22 heavy (non-hydrogen) atoms. The van der Waals surface area contributed by atoms with Gasteiger partial charge in [0.2, 0.25) is 0 Å². The molecule has 0 bridgehead atoms. The molecule has 0 aromatic carbocycles.